The van der Waals surface area contributed by atoms with Gasteiger partial charge in [0.05, 0.1) is 5.56 Å². The number of carbonyl (C=O) groups excluding carboxylic acids is 4. The Balaban J connectivity index is 2.50. The van der Waals surface area contributed by atoms with Crippen molar-refractivity contribution in [1.82, 2.24) is 10.6 Å². The number of rotatable bonds is 0. The van der Waals surface area contributed by atoms with Crippen LogP contribution in [-0.4, -0.2) is 30.0 Å². The van der Waals surface area contributed by atoms with Crippen molar-refractivity contribution in [3.05, 3.63) is 35.1 Å². The van der Waals surface area contributed by atoms with E-state index in [-0.39, 0.29) is 24.9 Å². The molecule has 0 bridgehead atoms. The quantitative estimate of drug-likeness (QED) is 0.523. The van der Waals surface area contributed by atoms with Gasteiger partial charge in [-0.15, -0.1) is 0 Å². The second-order valence-electron chi connectivity index (χ2n) is 4.23. The summed E-state index contributed by atoms with van der Waals surface area (Å²) in [4.78, 5) is 46.7. The van der Waals surface area contributed by atoms with Crippen molar-refractivity contribution >= 4 is 23.5 Å². The molecule has 0 unspecified atom stereocenters. The number of carbonyl (C=O) groups is 4. The number of hydrogen-bond donors (Lipinski definition) is 2. The van der Waals surface area contributed by atoms with Gasteiger partial charge in [0.25, 0.3) is 17.6 Å². The molecule has 0 aromatic heterocycles. The minimum absolute atomic E-state index is 0.0157. The lowest BCUT2D eigenvalue weighted by Gasteiger charge is -2.08. The molecule has 0 fully saturated rings. The van der Waals surface area contributed by atoms with Crippen LogP contribution in [0.1, 0.15) is 33.6 Å². The topological polar surface area (TPSA) is 92.3 Å². The predicted molar refractivity (Wildman–Crippen MR) is 65.4 cm³/mol. The molecule has 1 aliphatic rings. The number of benzene rings is 1. The van der Waals surface area contributed by atoms with Gasteiger partial charge in [-0.25, -0.2) is 4.39 Å². The molecule has 1 heterocycles. The zero-order chi connectivity index (χ0) is 14.7. The van der Waals surface area contributed by atoms with Crippen molar-refractivity contribution < 1.29 is 23.6 Å². The van der Waals surface area contributed by atoms with E-state index in [0.717, 1.165) is 6.07 Å². The van der Waals surface area contributed by atoms with Crippen LogP contribution < -0.4 is 10.6 Å². The Morgan fingerprint density at radius 1 is 1.05 bits per heavy atom. The number of halogens is 1. The van der Waals surface area contributed by atoms with Gasteiger partial charge in [-0.3, -0.25) is 24.5 Å². The number of imide groups is 1. The Bertz CT molecular complexity index is 612. The molecule has 2 N–H and O–H groups in total. The first-order valence-corrected chi connectivity index (χ1v) is 5.96. The fraction of sp³-hybridized carbons (Fsp3) is 0.231. The lowest BCUT2D eigenvalue weighted by Crippen LogP contribution is -2.36. The summed E-state index contributed by atoms with van der Waals surface area (Å²) in [5.41, 5.74) is -0.850. The highest BCUT2D eigenvalue weighted by Crippen LogP contribution is 2.15. The fourth-order valence-electron chi connectivity index (χ4n) is 1.85. The summed E-state index contributed by atoms with van der Waals surface area (Å²) in [6.07, 6.45) is 0.265. The van der Waals surface area contributed by atoms with E-state index in [2.05, 4.69) is 5.32 Å². The van der Waals surface area contributed by atoms with Crippen LogP contribution in [0.2, 0.25) is 0 Å². The molecule has 0 saturated carbocycles. The minimum atomic E-state index is -1.17. The maximum atomic E-state index is 13.7. The highest BCUT2D eigenvalue weighted by Gasteiger charge is 2.27. The number of nitrogens with one attached hydrogen (secondary N) is 2. The summed E-state index contributed by atoms with van der Waals surface area (Å²) in [5, 5.41) is 4.32. The Morgan fingerprint density at radius 2 is 1.80 bits per heavy atom. The fourth-order valence-corrected chi connectivity index (χ4v) is 1.85. The second kappa shape index (κ2) is 5.60. The summed E-state index contributed by atoms with van der Waals surface area (Å²) in [7, 11) is 0. The zero-order valence-electron chi connectivity index (χ0n) is 10.4. The molecule has 3 amide bonds. The minimum Gasteiger partial charge on any atom is -0.352 e. The van der Waals surface area contributed by atoms with Crippen molar-refractivity contribution in [2.75, 3.05) is 6.54 Å². The molecule has 0 saturated heterocycles. The molecule has 7 heteroatoms. The summed E-state index contributed by atoms with van der Waals surface area (Å²) in [6.45, 7) is 0.141. The normalized spacial score (nSPS) is 16.9. The Morgan fingerprint density at radius 3 is 2.55 bits per heavy atom. The number of hydrogen-bond acceptors (Lipinski definition) is 4. The first kappa shape index (κ1) is 13.9. The summed E-state index contributed by atoms with van der Waals surface area (Å²) in [5.74, 6) is -4.58. The monoisotopic (exact) mass is 278 g/mol. The maximum absolute atomic E-state index is 13.7. The SMILES string of the molecule is O=C1CCCNC(=O)c2c(F)cccc2C(=O)C(=O)N1. The largest absolute Gasteiger partial charge is 0.352 e. The lowest BCUT2D eigenvalue weighted by atomic mass is 10.0. The zero-order valence-corrected chi connectivity index (χ0v) is 10.4. The predicted octanol–water partition coefficient (Wildman–Crippen LogP) is 0.175. The van der Waals surface area contributed by atoms with Crippen molar-refractivity contribution in [2.24, 2.45) is 0 Å². The molecule has 104 valence electrons. The van der Waals surface area contributed by atoms with E-state index in [1.807, 2.05) is 5.32 Å². The average molecular weight is 278 g/mol. The highest BCUT2D eigenvalue weighted by molar-refractivity contribution is 6.46. The van der Waals surface area contributed by atoms with Gasteiger partial charge < -0.3 is 5.32 Å². The van der Waals surface area contributed by atoms with Crippen LogP contribution in [0.5, 0.6) is 0 Å². The van der Waals surface area contributed by atoms with E-state index >= 15 is 0 Å². The number of ketones is 1. The third kappa shape index (κ3) is 2.71. The van der Waals surface area contributed by atoms with Crippen molar-refractivity contribution in [2.45, 2.75) is 12.8 Å². The van der Waals surface area contributed by atoms with Gasteiger partial charge in [0.1, 0.15) is 5.82 Å². The molecule has 2 rings (SSSR count). The van der Waals surface area contributed by atoms with Crippen LogP contribution in [0.15, 0.2) is 18.2 Å². The van der Waals surface area contributed by atoms with Gasteiger partial charge in [-0.1, -0.05) is 6.07 Å². The molecule has 0 radical (unpaired) electrons. The first-order chi connectivity index (χ1) is 9.50. The van der Waals surface area contributed by atoms with Gasteiger partial charge in [0, 0.05) is 18.5 Å². The third-order valence-corrected chi connectivity index (χ3v) is 2.81. The van der Waals surface area contributed by atoms with Gasteiger partial charge >= 0.3 is 0 Å². The Labute approximate surface area is 113 Å². The highest BCUT2D eigenvalue weighted by atomic mass is 19.1. The van der Waals surface area contributed by atoms with E-state index in [1.54, 1.807) is 0 Å². The number of amides is 3. The lowest BCUT2D eigenvalue weighted by molar-refractivity contribution is -0.128. The molecule has 0 spiro atoms. The summed E-state index contributed by atoms with van der Waals surface area (Å²) < 4.78 is 13.7. The van der Waals surface area contributed by atoms with E-state index in [0.29, 0.717) is 0 Å². The molecule has 20 heavy (non-hydrogen) atoms. The molecule has 0 atom stereocenters. The van der Waals surface area contributed by atoms with Crippen LogP contribution in [0, 0.1) is 5.82 Å². The van der Waals surface area contributed by atoms with E-state index in [4.69, 9.17) is 0 Å². The maximum Gasteiger partial charge on any atom is 0.298 e. The Kier molecular flexibility index (Phi) is 3.88. The van der Waals surface area contributed by atoms with E-state index in [9.17, 15) is 23.6 Å². The molecule has 1 aliphatic heterocycles. The molecule has 6 nitrogen and oxygen atoms in total. The molecule has 0 aliphatic carbocycles. The van der Waals surface area contributed by atoms with Crippen molar-refractivity contribution in [1.29, 1.82) is 0 Å². The van der Waals surface area contributed by atoms with Gasteiger partial charge in [0.2, 0.25) is 5.91 Å². The van der Waals surface area contributed by atoms with E-state index in [1.165, 1.54) is 12.1 Å². The van der Waals surface area contributed by atoms with Crippen LogP contribution in [0.3, 0.4) is 0 Å². The standard InChI is InChI=1S/C13H11FN2O4/c14-8-4-1-3-7-10(8)12(19)15-6-2-5-9(17)16-13(20)11(7)18/h1,3-4H,2,5-6H2,(H,15,19)(H,16,17,20). The summed E-state index contributed by atoms with van der Waals surface area (Å²) >= 11 is 0. The van der Waals surface area contributed by atoms with Crippen molar-refractivity contribution in [3.8, 4) is 0 Å². The molecule has 1 aromatic carbocycles. The first-order valence-electron chi connectivity index (χ1n) is 5.96. The Hall–Kier alpha value is -2.57. The van der Waals surface area contributed by atoms with E-state index < -0.39 is 34.9 Å². The van der Waals surface area contributed by atoms with Gasteiger partial charge in [0.15, 0.2) is 0 Å². The third-order valence-electron chi connectivity index (χ3n) is 2.81. The van der Waals surface area contributed by atoms with Crippen molar-refractivity contribution in [3.63, 3.8) is 0 Å². The second-order valence-corrected chi connectivity index (χ2v) is 4.23. The van der Waals surface area contributed by atoms with Crippen LogP contribution in [-0.2, 0) is 9.59 Å². The van der Waals surface area contributed by atoms with Crippen LogP contribution >= 0.6 is 0 Å². The number of Topliss-reactive ketones (excluding diaryl/α,β-unsaturated/α-hetero) is 1. The molecular weight excluding hydrogens is 267 g/mol. The van der Waals surface area contributed by atoms with Crippen LogP contribution in [0.25, 0.3) is 0 Å². The van der Waals surface area contributed by atoms with Gasteiger partial charge in [-0.2, -0.15) is 0 Å². The average Bonchev–Trinajstić information content (AvgIpc) is 2.42. The molecule has 1 aromatic rings. The summed E-state index contributed by atoms with van der Waals surface area (Å²) in [6, 6.07) is 3.41. The smallest absolute Gasteiger partial charge is 0.298 e. The number of fused-ring (bicyclic) bond motifs is 1. The van der Waals surface area contributed by atoms with Gasteiger partial charge in [-0.05, 0) is 18.6 Å². The molecular formula is C13H11FN2O4. The van der Waals surface area contributed by atoms with Crippen LogP contribution in [0.4, 0.5) is 4.39 Å².